The number of carbonyl (C=O) groups excluding carboxylic acids is 2. The highest BCUT2D eigenvalue weighted by molar-refractivity contribution is 7.22. The van der Waals surface area contributed by atoms with Crippen LogP contribution in [-0.4, -0.2) is 35.0 Å². The number of ketones is 1. The van der Waals surface area contributed by atoms with Crippen molar-refractivity contribution in [3.05, 3.63) is 100 Å². The number of nitrogens with zero attached hydrogens (tertiary/aromatic N) is 2. The Bertz CT molecular complexity index is 1720. The molecule has 1 amide bonds. The third-order valence-corrected chi connectivity index (χ3v) is 8.26. The van der Waals surface area contributed by atoms with Crippen molar-refractivity contribution in [1.82, 2.24) is 4.98 Å². The molecule has 222 valence electrons. The molecular weight excluding hydrogens is 560 g/mol. The van der Waals surface area contributed by atoms with Crippen molar-refractivity contribution in [2.45, 2.75) is 47.1 Å². The van der Waals surface area contributed by atoms with Crippen LogP contribution in [0.4, 0.5) is 5.13 Å². The van der Waals surface area contributed by atoms with Gasteiger partial charge >= 0.3 is 0 Å². The molecule has 0 bridgehead atoms. The number of aliphatic hydroxyl groups excluding tert-OH is 1. The second kappa shape index (κ2) is 12.8. The third-order valence-electron chi connectivity index (χ3n) is 7.26. The number of aromatic nitrogens is 1. The molecule has 0 saturated carbocycles. The molecule has 3 aromatic carbocycles. The summed E-state index contributed by atoms with van der Waals surface area (Å²) in [6, 6.07) is 17.9. The fraction of sp³-hybridized carbons (Fsp3) is 0.286. The lowest BCUT2D eigenvalue weighted by atomic mass is 9.95. The molecule has 1 aliphatic heterocycles. The number of ether oxygens (including phenoxy) is 2. The van der Waals surface area contributed by atoms with Crippen LogP contribution in [0, 0.1) is 19.8 Å². The van der Waals surface area contributed by atoms with Gasteiger partial charge in [-0.05, 0) is 79.6 Å². The van der Waals surface area contributed by atoms with Gasteiger partial charge in [0.1, 0.15) is 0 Å². The molecule has 43 heavy (non-hydrogen) atoms. The van der Waals surface area contributed by atoms with Crippen LogP contribution in [0.3, 0.4) is 0 Å². The average molecular weight is 597 g/mol. The minimum atomic E-state index is -0.925. The maximum Gasteiger partial charge on any atom is 0.296 e. The fourth-order valence-corrected chi connectivity index (χ4v) is 6.31. The van der Waals surface area contributed by atoms with E-state index in [9.17, 15) is 14.7 Å². The number of carbonyl (C=O) groups is 2. The van der Waals surface area contributed by atoms with Gasteiger partial charge in [0.2, 0.25) is 0 Å². The minimum Gasteiger partial charge on any atom is -0.503 e. The highest BCUT2D eigenvalue weighted by Crippen LogP contribution is 2.45. The number of allylic oxidation sites excluding steroid dienone is 1. The summed E-state index contributed by atoms with van der Waals surface area (Å²) in [7, 11) is 0. The molecule has 0 radical (unpaired) electrons. The second-order valence-electron chi connectivity index (χ2n) is 11.0. The first kappa shape index (κ1) is 30.0. The number of aryl methyl sites for hydroxylation is 2. The molecule has 0 fully saturated rings. The van der Waals surface area contributed by atoms with Gasteiger partial charge in [0.25, 0.3) is 5.91 Å². The molecule has 5 rings (SSSR count). The Morgan fingerprint density at radius 2 is 1.84 bits per heavy atom. The lowest BCUT2D eigenvalue weighted by Crippen LogP contribution is -2.30. The minimum absolute atomic E-state index is 0.0136. The van der Waals surface area contributed by atoms with Crippen LogP contribution >= 0.6 is 11.3 Å². The first-order valence-electron chi connectivity index (χ1n) is 14.5. The Hall–Kier alpha value is -4.43. The molecule has 1 aromatic heterocycles. The fourth-order valence-electron chi connectivity index (χ4n) is 5.14. The van der Waals surface area contributed by atoms with E-state index in [0.717, 1.165) is 33.3 Å². The number of rotatable bonds is 11. The first-order valence-corrected chi connectivity index (χ1v) is 15.3. The van der Waals surface area contributed by atoms with E-state index in [1.807, 2.05) is 69.3 Å². The summed E-state index contributed by atoms with van der Waals surface area (Å²) in [5.41, 5.74) is 4.26. The van der Waals surface area contributed by atoms with Gasteiger partial charge in [0.15, 0.2) is 28.2 Å². The van der Waals surface area contributed by atoms with Crippen LogP contribution in [0.1, 0.15) is 55.5 Å². The Morgan fingerprint density at radius 1 is 1.07 bits per heavy atom. The van der Waals surface area contributed by atoms with Crippen LogP contribution in [0.15, 0.2) is 78.1 Å². The van der Waals surface area contributed by atoms with Gasteiger partial charge in [-0.3, -0.25) is 14.5 Å². The topological polar surface area (TPSA) is 89.0 Å². The standard InChI is InChI=1S/C35H36N2O5S/c1-6-41-28-20-25(13-15-27(28)42-17-16-21(2)3)32-30(26(38)14-12-24-10-8-7-9-11-24)33(39)34(40)37(32)35-36-31-23(5)18-22(4)19-29(31)43-35/h7-15,18-21,32,39H,6,16-17H2,1-5H3/b14-12+. The van der Waals surface area contributed by atoms with E-state index in [4.69, 9.17) is 14.5 Å². The largest absolute Gasteiger partial charge is 0.503 e. The number of amides is 1. The van der Waals surface area contributed by atoms with Crippen molar-refractivity contribution < 1.29 is 24.2 Å². The first-order chi connectivity index (χ1) is 20.7. The summed E-state index contributed by atoms with van der Waals surface area (Å²) in [6.45, 7) is 11.1. The van der Waals surface area contributed by atoms with Crippen molar-refractivity contribution in [1.29, 1.82) is 0 Å². The van der Waals surface area contributed by atoms with Crippen molar-refractivity contribution in [2.75, 3.05) is 18.1 Å². The average Bonchev–Trinajstić information content (AvgIpc) is 3.51. The summed E-state index contributed by atoms with van der Waals surface area (Å²) in [5, 5.41) is 11.6. The Balaban J connectivity index is 1.61. The number of aliphatic hydroxyl groups is 1. The molecule has 7 nitrogen and oxygen atoms in total. The van der Waals surface area contributed by atoms with Crippen LogP contribution in [0.2, 0.25) is 0 Å². The Kier molecular flexibility index (Phi) is 8.97. The van der Waals surface area contributed by atoms with E-state index in [-0.39, 0.29) is 5.57 Å². The third kappa shape index (κ3) is 6.34. The molecule has 0 spiro atoms. The molecule has 2 heterocycles. The predicted molar refractivity (Wildman–Crippen MR) is 172 cm³/mol. The number of thiazole rings is 1. The van der Waals surface area contributed by atoms with Gasteiger partial charge in [-0.2, -0.15) is 0 Å². The summed E-state index contributed by atoms with van der Waals surface area (Å²) in [4.78, 5) is 33.7. The van der Waals surface area contributed by atoms with Gasteiger partial charge in [0, 0.05) is 0 Å². The van der Waals surface area contributed by atoms with Crippen LogP contribution in [0.25, 0.3) is 16.3 Å². The molecule has 1 unspecified atom stereocenters. The van der Waals surface area contributed by atoms with E-state index >= 15 is 0 Å². The molecule has 1 atom stereocenters. The maximum atomic E-state index is 13.7. The zero-order chi connectivity index (χ0) is 30.7. The number of hydrogen-bond acceptors (Lipinski definition) is 7. The van der Waals surface area contributed by atoms with E-state index < -0.39 is 23.5 Å². The lowest BCUT2D eigenvalue weighted by molar-refractivity contribution is -0.117. The van der Waals surface area contributed by atoms with Crippen LogP contribution < -0.4 is 14.4 Å². The van der Waals surface area contributed by atoms with E-state index in [1.165, 1.54) is 22.3 Å². The highest BCUT2D eigenvalue weighted by Gasteiger charge is 2.45. The van der Waals surface area contributed by atoms with Crippen LogP contribution in [-0.2, 0) is 9.59 Å². The molecular formula is C35H36N2O5S. The smallest absolute Gasteiger partial charge is 0.296 e. The molecule has 0 saturated heterocycles. The molecule has 4 aromatic rings. The van der Waals surface area contributed by atoms with Crippen molar-refractivity contribution in [3.8, 4) is 11.5 Å². The summed E-state index contributed by atoms with van der Waals surface area (Å²) >= 11 is 1.35. The monoisotopic (exact) mass is 596 g/mol. The Labute approximate surface area is 256 Å². The zero-order valence-corrected chi connectivity index (χ0v) is 25.9. The van der Waals surface area contributed by atoms with Gasteiger partial charge in [-0.1, -0.05) is 73.7 Å². The van der Waals surface area contributed by atoms with E-state index in [0.29, 0.717) is 41.3 Å². The number of hydrogen-bond donors (Lipinski definition) is 1. The second-order valence-corrected chi connectivity index (χ2v) is 12.1. The highest BCUT2D eigenvalue weighted by atomic mass is 32.1. The number of fused-ring (bicyclic) bond motifs is 1. The summed E-state index contributed by atoms with van der Waals surface area (Å²) < 4.78 is 12.9. The number of benzene rings is 3. The van der Waals surface area contributed by atoms with Gasteiger partial charge in [0.05, 0.1) is 35.0 Å². The molecule has 0 aliphatic carbocycles. The molecule has 1 N–H and O–H groups in total. The summed E-state index contributed by atoms with van der Waals surface area (Å²) in [5.74, 6) is -0.159. The quantitative estimate of drug-likeness (QED) is 0.177. The molecule has 8 heteroatoms. The van der Waals surface area contributed by atoms with Crippen molar-refractivity contribution in [3.63, 3.8) is 0 Å². The van der Waals surface area contributed by atoms with E-state index in [1.54, 1.807) is 18.2 Å². The summed E-state index contributed by atoms with van der Waals surface area (Å²) in [6.07, 6.45) is 3.95. The number of anilines is 1. The van der Waals surface area contributed by atoms with Crippen molar-refractivity contribution >= 4 is 44.5 Å². The van der Waals surface area contributed by atoms with Crippen molar-refractivity contribution in [2.24, 2.45) is 5.92 Å². The van der Waals surface area contributed by atoms with Gasteiger partial charge in [-0.15, -0.1) is 0 Å². The molecule has 1 aliphatic rings. The Morgan fingerprint density at radius 3 is 2.56 bits per heavy atom. The maximum absolute atomic E-state index is 13.7. The van der Waals surface area contributed by atoms with Crippen LogP contribution in [0.5, 0.6) is 11.5 Å². The predicted octanol–water partition coefficient (Wildman–Crippen LogP) is 7.92. The SMILES string of the molecule is CCOc1cc(C2C(C(=O)/C=C/c3ccccc3)=C(O)C(=O)N2c2nc3c(C)cc(C)cc3s2)ccc1OCCC(C)C. The van der Waals surface area contributed by atoms with Gasteiger partial charge < -0.3 is 14.6 Å². The lowest BCUT2D eigenvalue weighted by Gasteiger charge is -2.25. The van der Waals surface area contributed by atoms with E-state index in [2.05, 4.69) is 13.8 Å². The zero-order valence-electron chi connectivity index (χ0n) is 25.1. The normalized spacial score (nSPS) is 15.3. The van der Waals surface area contributed by atoms with Gasteiger partial charge in [-0.25, -0.2) is 4.98 Å².